The molecule has 2 atom stereocenters. The molecule has 2 unspecified atom stereocenters. The average Bonchev–Trinajstić information content (AvgIpc) is 2.48. The maximum absolute atomic E-state index is 5.26. The minimum Gasteiger partial charge on any atom is -0.383 e. The molecule has 1 aromatic rings. The Kier molecular flexibility index (Phi) is 6.51. The van der Waals surface area contributed by atoms with E-state index in [0.717, 1.165) is 32.7 Å². The van der Waals surface area contributed by atoms with Gasteiger partial charge in [-0.2, -0.15) is 0 Å². The minimum atomic E-state index is 0.558. The second-order valence-corrected chi connectivity index (χ2v) is 5.73. The zero-order chi connectivity index (χ0) is 14.2. The Balaban J connectivity index is 1.90. The fourth-order valence-electron chi connectivity index (χ4n) is 3.06. The lowest BCUT2D eigenvalue weighted by Gasteiger charge is -2.40. The summed E-state index contributed by atoms with van der Waals surface area (Å²) >= 11 is 0. The maximum atomic E-state index is 5.26. The van der Waals surface area contributed by atoms with Crippen LogP contribution in [0.25, 0.3) is 0 Å². The third-order valence-corrected chi connectivity index (χ3v) is 4.14. The van der Waals surface area contributed by atoms with Crippen molar-refractivity contribution in [2.45, 2.75) is 38.3 Å². The summed E-state index contributed by atoms with van der Waals surface area (Å²) in [5.74, 6) is 0. The van der Waals surface area contributed by atoms with Crippen molar-refractivity contribution in [3.63, 3.8) is 0 Å². The summed E-state index contributed by atoms with van der Waals surface area (Å²) in [5, 5.41) is 3.73. The summed E-state index contributed by atoms with van der Waals surface area (Å²) in [5.41, 5.74) is 1.42. The highest BCUT2D eigenvalue weighted by Gasteiger charge is 2.26. The number of benzene rings is 1. The molecule has 3 nitrogen and oxygen atoms in total. The van der Waals surface area contributed by atoms with E-state index in [1.54, 1.807) is 7.11 Å². The van der Waals surface area contributed by atoms with Gasteiger partial charge in [0.2, 0.25) is 0 Å². The lowest BCUT2D eigenvalue weighted by molar-refractivity contribution is 0.0821. The largest absolute Gasteiger partial charge is 0.383 e. The Morgan fingerprint density at radius 3 is 2.80 bits per heavy atom. The zero-order valence-corrected chi connectivity index (χ0v) is 12.8. The highest BCUT2D eigenvalue weighted by atomic mass is 16.5. The van der Waals surface area contributed by atoms with Crippen LogP contribution in [0.2, 0.25) is 0 Å². The van der Waals surface area contributed by atoms with Crippen molar-refractivity contribution in [1.82, 2.24) is 10.2 Å². The normalized spacial score (nSPS) is 23.9. The van der Waals surface area contributed by atoms with E-state index >= 15 is 0 Å². The van der Waals surface area contributed by atoms with E-state index in [2.05, 4.69) is 47.5 Å². The van der Waals surface area contributed by atoms with Gasteiger partial charge in [-0.15, -0.1) is 0 Å². The van der Waals surface area contributed by atoms with Crippen LogP contribution >= 0.6 is 0 Å². The number of ether oxygens (including phenoxy) is 1. The summed E-state index contributed by atoms with van der Waals surface area (Å²) in [7, 11) is 1.79. The Morgan fingerprint density at radius 2 is 2.10 bits per heavy atom. The first kappa shape index (κ1) is 15.5. The predicted octanol–water partition coefficient (Wildman–Crippen LogP) is 2.32. The average molecular weight is 276 g/mol. The molecule has 0 spiro atoms. The third kappa shape index (κ3) is 4.58. The van der Waals surface area contributed by atoms with Crippen molar-refractivity contribution in [2.24, 2.45) is 0 Å². The lowest BCUT2D eigenvalue weighted by Crippen LogP contribution is -2.57. The van der Waals surface area contributed by atoms with Crippen molar-refractivity contribution in [1.29, 1.82) is 0 Å². The first-order valence-electron chi connectivity index (χ1n) is 7.83. The molecule has 0 bridgehead atoms. The van der Waals surface area contributed by atoms with Crippen LogP contribution in [0.3, 0.4) is 0 Å². The number of hydrogen-bond acceptors (Lipinski definition) is 3. The molecule has 1 N–H and O–H groups in total. The topological polar surface area (TPSA) is 24.5 Å². The van der Waals surface area contributed by atoms with Crippen molar-refractivity contribution >= 4 is 0 Å². The molecule has 0 saturated carbocycles. The van der Waals surface area contributed by atoms with Gasteiger partial charge in [0, 0.05) is 38.8 Å². The van der Waals surface area contributed by atoms with Gasteiger partial charge in [-0.1, -0.05) is 43.7 Å². The van der Waals surface area contributed by atoms with Gasteiger partial charge in [-0.3, -0.25) is 4.90 Å². The molecule has 2 rings (SSSR count). The first-order chi connectivity index (χ1) is 9.83. The van der Waals surface area contributed by atoms with Crippen molar-refractivity contribution < 1.29 is 4.74 Å². The highest BCUT2D eigenvalue weighted by Crippen LogP contribution is 2.14. The standard InChI is InChI=1S/C17H28N2O/c1-3-7-17-13-18-16(14-19(17)10-11-20-2)12-15-8-5-4-6-9-15/h4-6,8-9,16-18H,3,7,10-14H2,1-2H3. The number of nitrogens with zero attached hydrogens (tertiary/aromatic N) is 1. The molecule has 1 aliphatic rings. The molecule has 1 aliphatic heterocycles. The number of rotatable bonds is 7. The fourth-order valence-corrected chi connectivity index (χ4v) is 3.06. The van der Waals surface area contributed by atoms with Gasteiger partial charge < -0.3 is 10.1 Å². The SMILES string of the molecule is CCCC1CNC(Cc2ccccc2)CN1CCOC. The van der Waals surface area contributed by atoms with E-state index in [1.165, 1.54) is 18.4 Å². The van der Waals surface area contributed by atoms with Crippen LogP contribution < -0.4 is 5.32 Å². The molecule has 1 heterocycles. The second-order valence-electron chi connectivity index (χ2n) is 5.73. The van der Waals surface area contributed by atoms with Crippen LogP contribution in [0.15, 0.2) is 30.3 Å². The summed E-state index contributed by atoms with van der Waals surface area (Å²) in [6.07, 6.45) is 3.64. The third-order valence-electron chi connectivity index (χ3n) is 4.14. The summed E-state index contributed by atoms with van der Waals surface area (Å²) in [4.78, 5) is 2.61. The molecule has 1 fully saturated rings. The molecule has 3 heteroatoms. The smallest absolute Gasteiger partial charge is 0.0589 e. The van der Waals surface area contributed by atoms with Crippen molar-refractivity contribution in [3.05, 3.63) is 35.9 Å². The van der Waals surface area contributed by atoms with Crippen LogP contribution in [0.1, 0.15) is 25.3 Å². The van der Waals surface area contributed by atoms with Gasteiger partial charge in [-0.25, -0.2) is 0 Å². The van der Waals surface area contributed by atoms with Crippen LogP contribution in [0, 0.1) is 0 Å². The van der Waals surface area contributed by atoms with Gasteiger partial charge in [0.1, 0.15) is 0 Å². The molecule has 112 valence electrons. The van der Waals surface area contributed by atoms with Gasteiger partial charge in [-0.05, 0) is 18.4 Å². The van der Waals surface area contributed by atoms with E-state index in [1.807, 2.05) is 0 Å². The molecule has 20 heavy (non-hydrogen) atoms. The Bertz CT molecular complexity index is 369. The Hall–Kier alpha value is -0.900. The zero-order valence-electron chi connectivity index (χ0n) is 12.8. The molecule has 0 radical (unpaired) electrons. The second kappa shape index (κ2) is 8.40. The van der Waals surface area contributed by atoms with Crippen molar-refractivity contribution in [2.75, 3.05) is 33.4 Å². The van der Waals surface area contributed by atoms with Gasteiger partial charge in [0.05, 0.1) is 6.61 Å². The number of piperazine rings is 1. The Labute approximate surface area is 123 Å². The summed E-state index contributed by atoms with van der Waals surface area (Å²) in [6.45, 7) is 6.38. The molecule has 1 saturated heterocycles. The number of hydrogen-bond donors (Lipinski definition) is 1. The van der Waals surface area contributed by atoms with Crippen LogP contribution in [-0.4, -0.2) is 50.3 Å². The van der Waals surface area contributed by atoms with E-state index in [0.29, 0.717) is 12.1 Å². The van der Waals surface area contributed by atoms with Crippen LogP contribution in [-0.2, 0) is 11.2 Å². The molecule has 0 amide bonds. The maximum Gasteiger partial charge on any atom is 0.0589 e. The highest BCUT2D eigenvalue weighted by molar-refractivity contribution is 5.16. The van der Waals surface area contributed by atoms with Crippen LogP contribution in [0.5, 0.6) is 0 Å². The first-order valence-corrected chi connectivity index (χ1v) is 7.83. The van der Waals surface area contributed by atoms with Gasteiger partial charge in [0.25, 0.3) is 0 Å². The molecular weight excluding hydrogens is 248 g/mol. The minimum absolute atomic E-state index is 0.558. The van der Waals surface area contributed by atoms with Crippen LogP contribution in [0.4, 0.5) is 0 Å². The molecule has 0 aliphatic carbocycles. The summed E-state index contributed by atoms with van der Waals surface area (Å²) < 4.78 is 5.26. The quantitative estimate of drug-likeness (QED) is 0.827. The van der Waals surface area contributed by atoms with Gasteiger partial charge in [0.15, 0.2) is 0 Å². The fraction of sp³-hybridized carbons (Fsp3) is 0.647. The Morgan fingerprint density at radius 1 is 1.30 bits per heavy atom. The van der Waals surface area contributed by atoms with Crippen molar-refractivity contribution in [3.8, 4) is 0 Å². The molecule has 0 aromatic heterocycles. The van der Waals surface area contributed by atoms with E-state index < -0.39 is 0 Å². The number of methoxy groups -OCH3 is 1. The van der Waals surface area contributed by atoms with Gasteiger partial charge >= 0.3 is 0 Å². The van der Waals surface area contributed by atoms with E-state index in [9.17, 15) is 0 Å². The monoisotopic (exact) mass is 276 g/mol. The number of nitrogens with one attached hydrogen (secondary N) is 1. The summed E-state index contributed by atoms with van der Waals surface area (Å²) in [6, 6.07) is 12.0. The van der Waals surface area contributed by atoms with E-state index in [4.69, 9.17) is 4.74 Å². The lowest BCUT2D eigenvalue weighted by atomic mass is 10.00. The molecular formula is C17H28N2O. The van der Waals surface area contributed by atoms with E-state index in [-0.39, 0.29) is 0 Å². The predicted molar refractivity (Wildman–Crippen MR) is 84.1 cm³/mol. The molecule has 1 aromatic carbocycles.